The van der Waals surface area contributed by atoms with E-state index >= 15 is 0 Å². The van der Waals surface area contributed by atoms with E-state index in [-0.39, 0.29) is 16.4 Å². The van der Waals surface area contributed by atoms with E-state index in [1.807, 2.05) is 6.92 Å². The lowest BCUT2D eigenvalue weighted by Crippen LogP contribution is -2.04. The average Bonchev–Trinajstić information content (AvgIpc) is 2.44. The molecule has 0 saturated heterocycles. The van der Waals surface area contributed by atoms with Crippen LogP contribution in [0.1, 0.15) is 22.8 Å². The molecule has 0 aliphatic carbocycles. The molecule has 0 amide bonds. The number of ketones is 1. The highest BCUT2D eigenvalue weighted by Gasteiger charge is 2.19. The number of hydrogen-bond acceptors (Lipinski definition) is 2. The molecule has 0 bridgehead atoms. The van der Waals surface area contributed by atoms with Crippen LogP contribution in [0.4, 0.5) is 0 Å². The monoisotopic (exact) mass is 406 g/mol. The van der Waals surface area contributed by atoms with Gasteiger partial charge in [0, 0.05) is 21.7 Å². The Kier molecular flexibility index (Phi) is 5.55. The highest BCUT2D eigenvalue weighted by Crippen LogP contribution is 2.33. The predicted molar refractivity (Wildman–Crippen MR) is 90.2 cm³/mol. The van der Waals surface area contributed by atoms with E-state index in [1.165, 1.54) is 12.1 Å². The minimum Gasteiger partial charge on any atom is -0.492 e. The summed E-state index contributed by atoms with van der Waals surface area (Å²) in [5, 5.41) is 0.948. The fourth-order valence-electron chi connectivity index (χ4n) is 1.79. The Morgan fingerprint density at radius 1 is 1.05 bits per heavy atom. The standard InChI is InChI=1S/C15H10BrCl3O2/c1-2-21-14-7-12(18)10(6-13(14)19)15(20)9-5-8(16)3-4-11(9)17/h3-7H,2H2,1H3. The maximum absolute atomic E-state index is 12.6. The molecule has 2 rings (SSSR count). The molecular formula is C15H10BrCl3O2. The van der Waals surface area contributed by atoms with Gasteiger partial charge in [0.05, 0.1) is 21.7 Å². The largest absolute Gasteiger partial charge is 0.492 e. The summed E-state index contributed by atoms with van der Waals surface area (Å²) in [4.78, 5) is 12.6. The zero-order valence-corrected chi connectivity index (χ0v) is 14.8. The molecule has 0 heterocycles. The Labute approximate surface area is 146 Å². The van der Waals surface area contributed by atoms with Gasteiger partial charge in [-0.3, -0.25) is 4.79 Å². The Morgan fingerprint density at radius 3 is 2.38 bits per heavy atom. The topological polar surface area (TPSA) is 26.3 Å². The van der Waals surface area contributed by atoms with Crippen LogP contribution in [-0.4, -0.2) is 12.4 Å². The third-order valence-corrected chi connectivity index (χ3v) is 4.17. The lowest BCUT2D eigenvalue weighted by molar-refractivity contribution is 0.103. The van der Waals surface area contributed by atoms with Crippen LogP contribution in [-0.2, 0) is 0 Å². The van der Waals surface area contributed by atoms with Gasteiger partial charge in [-0.15, -0.1) is 0 Å². The summed E-state index contributed by atoms with van der Waals surface area (Å²) in [6.45, 7) is 2.30. The van der Waals surface area contributed by atoms with E-state index in [0.717, 1.165) is 4.47 Å². The Balaban J connectivity index is 2.49. The second-order valence-electron chi connectivity index (χ2n) is 4.15. The summed E-state index contributed by atoms with van der Waals surface area (Å²) in [6, 6.07) is 8.07. The van der Waals surface area contributed by atoms with Crippen LogP contribution in [0.2, 0.25) is 15.1 Å². The van der Waals surface area contributed by atoms with Crippen molar-refractivity contribution in [3.8, 4) is 5.75 Å². The number of carbonyl (C=O) groups is 1. The summed E-state index contributed by atoms with van der Waals surface area (Å²) in [6.07, 6.45) is 0. The molecule has 0 aliphatic heterocycles. The second-order valence-corrected chi connectivity index (χ2v) is 6.29. The molecule has 2 aromatic carbocycles. The van der Waals surface area contributed by atoms with Crippen molar-refractivity contribution in [1.82, 2.24) is 0 Å². The third kappa shape index (κ3) is 3.72. The molecule has 0 aliphatic rings. The van der Waals surface area contributed by atoms with Crippen LogP contribution in [0, 0.1) is 0 Å². The van der Waals surface area contributed by atoms with E-state index in [2.05, 4.69) is 15.9 Å². The van der Waals surface area contributed by atoms with Crippen LogP contribution >= 0.6 is 50.7 Å². The Hall–Kier alpha value is -0.740. The van der Waals surface area contributed by atoms with Crippen molar-refractivity contribution in [3.63, 3.8) is 0 Å². The van der Waals surface area contributed by atoms with Crippen molar-refractivity contribution in [3.05, 3.63) is 61.0 Å². The smallest absolute Gasteiger partial charge is 0.196 e. The molecule has 0 unspecified atom stereocenters. The van der Waals surface area contributed by atoms with Crippen molar-refractivity contribution >= 4 is 56.5 Å². The van der Waals surface area contributed by atoms with Crippen LogP contribution < -0.4 is 4.74 Å². The van der Waals surface area contributed by atoms with E-state index in [1.54, 1.807) is 18.2 Å². The zero-order chi connectivity index (χ0) is 15.6. The van der Waals surface area contributed by atoms with Gasteiger partial charge >= 0.3 is 0 Å². The van der Waals surface area contributed by atoms with Gasteiger partial charge in [-0.2, -0.15) is 0 Å². The number of hydrogen-bond donors (Lipinski definition) is 0. The van der Waals surface area contributed by atoms with E-state index < -0.39 is 0 Å². The van der Waals surface area contributed by atoms with Gasteiger partial charge in [0.1, 0.15) is 5.75 Å². The first kappa shape index (κ1) is 16.6. The maximum Gasteiger partial charge on any atom is 0.196 e. The summed E-state index contributed by atoms with van der Waals surface area (Å²) in [5.41, 5.74) is 0.637. The molecule has 2 nitrogen and oxygen atoms in total. The van der Waals surface area contributed by atoms with Crippen molar-refractivity contribution < 1.29 is 9.53 Å². The molecule has 21 heavy (non-hydrogen) atoms. The van der Waals surface area contributed by atoms with Crippen molar-refractivity contribution in [1.29, 1.82) is 0 Å². The van der Waals surface area contributed by atoms with Gasteiger partial charge in [0.15, 0.2) is 5.78 Å². The molecule has 0 fully saturated rings. The maximum atomic E-state index is 12.6. The minimum absolute atomic E-state index is 0.267. The fraction of sp³-hybridized carbons (Fsp3) is 0.133. The Morgan fingerprint density at radius 2 is 1.71 bits per heavy atom. The highest BCUT2D eigenvalue weighted by atomic mass is 79.9. The third-order valence-electron chi connectivity index (χ3n) is 2.74. The molecular weight excluding hydrogens is 398 g/mol. The van der Waals surface area contributed by atoms with Gasteiger partial charge < -0.3 is 4.74 Å². The fourth-order valence-corrected chi connectivity index (χ4v) is 2.81. The zero-order valence-electron chi connectivity index (χ0n) is 10.9. The van der Waals surface area contributed by atoms with Crippen molar-refractivity contribution in [2.75, 3.05) is 6.61 Å². The number of benzene rings is 2. The number of rotatable bonds is 4. The van der Waals surface area contributed by atoms with Gasteiger partial charge in [-0.1, -0.05) is 50.7 Å². The quantitative estimate of drug-likeness (QED) is 0.577. The molecule has 0 spiro atoms. The molecule has 0 saturated carbocycles. The molecule has 0 N–H and O–H groups in total. The van der Waals surface area contributed by atoms with Crippen LogP contribution in [0.25, 0.3) is 0 Å². The van der Waals surface area contributed by atoms with Gasteiger partial charge in [0.2, 0.25) is 0 Å². The second kappa shape index (κ2) is 7.01. The lowest BCUT2D eigenvalue weighted by Gasteiger charge is -2.10. The summed E-state index contributed by atoms with van der Waals surface area (Å²) >= 11 is 21.6. The first-order valence-corrected chi connectivity index (χ1v) is 7.98. The normalized spacial score (nSPS) is 10.5. The molecule has 6 heteroatoms. The van der Waals surface area contributed by atoms with Gasteiger partial charge in [-0.05, 0) is 31.2 Å². The first-order chi connectivity index (χ1) is 9.93. The average molecular weight is 409 g/mol. The highest BCUT2D eigenvalue weighted by molar-refractivity contribution is 9.10. The lowest BCUT2D eigenvalue weighted by atomic mass is 10.0. The summed E-state index contributed by atoms with van der Waals surface area (Å²) in [7, 11) is 0. The van der Waals surface area contributed by atoms with Crippen molar-refractivity contribution in [2.24, 2.45) is 0 Å². The van der Waals surface area contributed by atoms with Crippen LogP contribution in [0.5, 0.6) is 5.75 Å². The molecule has 2 aromatic rings. The van der Waals surface area contributed by atoms with Crippen molar-refractivity contribution in [2.45, 2.75) is 6.92 Å². The van der Waals surface area contributed by atoms with Gasteiger partial charge in [-0.25, -0.2) is 0 Å². The summed E-state index contributed by atoms with van der Waals surface area (Å²) in [5.74, 6) is 0.150. The van der Waals surface area contributed by atoms with E-state index in [0.29, 0.717) is 28.0 Å². The van der Waals surface area contributed by atoms with E-state index in [9.17, 15) is 4.79 Å². The molecule has 0 radical (unpaired) electrons. The minimum atomic E-state index is -0.295. The van der Waals surface area contributed by atoms with Crippen LogP contribution in [0.15, 0.2) is 34.8 Å². The molecule has 110 valence electrons. The predicted octanol–water partition coefficient (Wildman–Crippen LogP) is 6.04. The SMILES string of the molecule is CCOc1cc(Cl)c(C(=O)c2cc(Br)ccc2Cl)cc1Cl. The summed E-state index contributed by atoms with van der Waals surface area (Å²) < 4.78 is 6.09. The van der Waals surface area contributed by atoms with E-state index in [4.69, 9.17) is 39.5 Å². The molecule has 0 aromatic heterocycles. The van der Waals surface area contributed by atoms with Gasteiger partial charge in [0.25, 0.3) is 0 Å². The molecule has 0 atom stereocenters. The Bertz CT molecular complexity index is 702. The number of carbonyl (C=O) groups excluding carboxylic acids is 1. The number of ether oxygens (including phenoxy) is 1. The van der Waals surface area contributed by atoms with Crippen LogP contribution in [0.3, 0.4) is 0 Å². The first-order valence-electron chi connectivity index (χ1n) is 6.05. The number of halogens is 4.